The Bertz CT molecular complexity index is 1280. The van der Waals surface area contributed by atoms with Crippen LogP contribution in [0.25, 0.3) is 0 Å². The summed E-state index contributed by atoms with van der Waals surface area (Å²) in [4.78, 5) is 39.9. The summed E-state index contributed by atoms with van der Waals surface area (Å²) >= 11 is 0.621. The third kappa shape index (κ3) is 5.14. The summed E-state index contributed by atoms with van der Waals surface area (Å²) in [5.74, 6) is -3.21. The van der Waals surface area contributed by atoms with E-state index in [9.17, 15) is 19.5 Å². The lowest BCUT2D eigenvalue weighted by molar-refractivity contribution is -0.123. The van der Waals surface area contributed by atoms with Gasteiger partial charge in [-0.3, -0.25) is 19.3 Å². The van der Waals surface area contributed by atoms with Gasteiger partial charge in [0.25, 0.3) is 11.8 Å². The number of amides is 3. The zero-order valence-corrected chi connectivity index (χ0v) is 19.8. The van der Waals surface area contributed by atoms with E-state index >= 15 is 4.39 Å². The first kappa shape index (κ1) is 25.1. The van der Waals surface area contributed by atoms with Crippen molar-refractivity contribution < 1.29 is 28.6 Å². The maximum Gasteiger partial charge on any atom is 0.273 e. The van der Waals surface area contributed by atoms with E-state index in [1.807, 2.05) is 0 Å². The molecule has 2 unspecified atom stereocenters. The van der Waals surface area contributed by atoms with Crippen molar-refractivity contribution in [1.82, 2.24) is 9.69 Å². The Kier molecular flexibility index (Phi) is 7.46. The minimum Gasteiger partial charge on any atom is -0.508 e. The Morgan fingerprint density at radius 2 is 1.94 bits per heavy atom. The van der Waals surface area contributed by atoms with Gasteiger partial charge >= 0.3 is 0 Å². The van der Waals surface area contributed by atoms with Crippen LogP contribution in [0.2, 0.25) is 0 Å². The molecule has 2 heterocycles. The van der Waals surface area contributed by atoms with E-state index in [-0.39, 0.29) is 40.3 Å². The largest absolute Gasteiger partial charge is 0.508 e. The third-order valence-corrected chi connectivity index (χ3v) is 6.58. The summed E-state index contributed by atoms with van der Waals surface area (Å²) in [7, 11) is 0. The Labute approximate surface area is 209 Å². The number of aromatic hydroxyl groups is 1. The van der Waals surface area contributed by atoms with Gasteiger partial charge in [-0.15, -0.1) is 0 Å². The minimum absolute atomic E-state index is 0.0566. The lowest BCUT2D eigenvalue weighted by Crippen LogP contribution is -2.46. The van der Waals surface area contributed by atoms with Crippen LogP contribution in [0.15, 0.2) is 48.5 Å². The van der Waals surface area contributed by atoms with E-state index in [4.69, 9.17) is 16.2 Å². The third-order valence-electron chi connectivity index (χ3n) is 5.73. The fraction of sp³-hybridized carbons (Fsp3) is 0.250. The number of hydrogen-bond acceptors (Lipinski definition) is 8. The number of nitrogens with one attached hydrogen (secondary N) is 1. The van der Waals surface area contributed by atoms with E-state index in [1.54, 1.807) is 0 Å². The zero-order valence-electron chi connectivity index (χ0n) is 19.0. The number of nitrogens with two attached hydrogens (primary N) is 2. The predicted octanol–water partition coefficient (Wildman–Crippen LogP) is 2.35. The van der Waals surface area contributed by atoms with Crippen LogP contribution in [0.1, 0.15) is 44.6 Å². The van der Waals surface area contributed by atoms with Gasteiger partial charge in [-0.1, -0.05) is 24.3 Å². The van der Waals surface area contributed by atoms with Gasteiger partial charge in [0.15, 0.2) is 5.69 Å². The number of aromatic nitrogens is 1. The number of halogens is 1. The highest BCUT2D eigenvalue weighted by molar-refractivity contribution is 7.09. The van der Waals surface area contributed by atoms with Crippen molar-refractivity contribution in [3.8, 4) is 5.75 Å². The number of phenolic OH excluding ortho intramolecular Hbond substituents is 1. The van der Waals surface area contributed by atoms with Crippen molar-refractivity contribution in [2.24, 2.45) is 5.73 Å². The van der Waals surface area contributed by atoms with Crippen molar-refractivity contribution in [2.45, 2.75) is 25.0 Å². The summed E-state index contributed by atoms with van der Waals surface area (Å²) in [6, 6.07) is 9.71. The van der Waals surface area contributed by atoms with Crippen LogP contribution >= 0.6 is 11.5 Å². The van der Waals surface area contributed by atoms with Crippen LogP contribution in [0, 0.1) is 5.82 Å². The van der Waals surface area contributed by atoms with Gasteiger partial charge in [0, 0.05) is 13.2 Å². The van der Waals surface area contributed by atoms with Gasteiger partial charge in [-0.25, -0.2) is 4.39 Å². The number of benzene rings is 2. The maximum atomic E-state index is 15.1. The van der Waals surface area contributed by atoms with Crippen molar-refractivity contribution >= 4 is 40.6 Å². The van der Waals surface area contributed by atoms with Crippen molar-refractivity contribution in [1.29, 1.82) is 0 Å². The van der Waals surface area contributed by atoms with Crippen molar-refractivity contribution in [3.63, 3.8) is 0 Å². The molecule has 1 saturated heterocycles. The number of para-hydroxylation sites is 1. The highest BCUT2D eigenvalue weighted by Gasteiger charge is 2.37. The Morgan fingerprint density at radius 3 is 2.56 bits per heavy atom. The summed E-state index contributed by atoms with van der Waals surface area (Å²) in [5.41, 5.74) is 10.8. The molecular weight excluding hydrogens is 489 g/mol. The van der Waals surface area contributed by atoms with Crippen LogP contribution in [-0.2, 0) is 9.53 Å². The smallest absolute Gasteiger partial charge is 0.273 e. The first-order valence-corrected chi connectivity index (χ1v) is 11.9. The highest BCUT2D eigenvalue weighted by atomic mass is 32.1. The van der Waals surface area contributed by atoms with Gasteiger partial charge in [0.1, 0.15) is 22.5 Å². The van der Waals surface area contributed by atoms with Crippen LogP contribution in [0.5, 0.6) is 5.75 Å². The lowest BCUT2D eigenvalue weighted by atomic mass is 10.0. The van der Waals surface area contributed by atoms with Gasteiger partial charge in [-0.2, -0.15) is 4.37 Å². The average molecular weight is 514 g/mol. The molecule has 2 atom stereocenters. The summed E-state index contributed by atoms with van der Waals surface area (Å²) in [6.45, 7) is 0.788. The van der Waals surface area contributed by atoms with Gasteiger partial charge in [-0.05, 0) is 54.2 Å². The quantitative estimate of drug-likeness (QED) is 0.359. The fourth-order valence-electron chi connectivity index (χ4n) is 3.94. The maximum absolute atomic E-state index is 15.1. The molecule has 36 heavy (non-hydrogen) atoms. The SMILES string of the molecule is NC(=O)c1nsc(C(=O)N(c2ccccc2F)C(C(=O)NCC2CCCO2)c2ccc(O)cc2)c1N. The number of nitrogen functional groups attached to an aromatic ring is 1. The van der Waals surface area contributed by atoms with Crippen LogP contribution in [0.4, 0.5) is 15.8 Å². The fourth-order valence-corrected chi connectivity index (χ4v) is 4.68. The normalized spacial score (nSPS) is 15.9. The number of nitrogens with zero attached hydrogens (tertiary/aromatic N) is 2. The summed E-state index contributed by atoms with van der Waals surface area (Å²) in [5, 5.41) is 12.6. The zero-order chi connectivity index (χ0) is 25.8. The first-order valence-electron chi connectivity index (χ1n) is 11.1. The second-order valence-electron chi connectivity index (χ2n) is 8.14. The second kappa shape index (κ2) is 10.7. The number of carbonyl (C=O) groups is 3. The summed E-state index contributed by atoms with van der Waals surface area (Å²) in [6.07, 6.45) is 1.46. The molecule has 0 saturated carbocycles. The molecule has 1 aromatic heterocycles. The summed E-state index contributed by atoms with van der Waals surface area (Å²) < 4.78 is 24.5. The molecule has 1 fully saturated rings. The van der Waals surface area contributed by atoms with E-state index in [0.717, 1.165) is 23.8 Å². The molecule has 0 spiro atoms. The molecule has 1 aliphatic heterocycles. The van der Waals surface area contributed by atoms with E-state index in [1.165, 1.54) is 42.5 Å². The molecule has 10 nitrogen and oxygen atoms in total. The molecule has 0 radical (unpaired) electrons. The number of hydrogen-bond donors (Lipinski definition) is 4. The van der Waals surface area contributed by atoms with Gasteiger partial charge in [0.2, 0.25) is 5.91 Å². The van der Waals surface area contributed by atoms with E-state index in [0.29, 0.717) is 23.7 Å². The van der Waals surface area contributed by atoms with Gasteiger partial charge in [0.05, 0.1) is 17.5 Å². The molecular formula is C24H24FN5O5S. The van der Waals surface area contributed by atoms with E-state index in [2.05, 4.69) is 9.69 Å². The predicted molar refractivity (Wildman–Crippen MR) is 131 cm³/mol. The van der Waals surface area contributed by atoms with Crippen molar-refractivity contribution in [2.75, 3.05) is 23.8 Å². The standard InChI is InChI=1S/C24H24FN5O5S/c25-16-5-1-2-6-17(16)30(24(34)21-18(26)19(22(27)32)29-36-21)20(13-7-9-14(31)10-8-13)23(33)28-12-15-4-3-11-35-15/h1-2,5-10,15,20,31H,3-4,11-12,26H2,(H2,27,32)(H,28,33). The number of ether oxygens (including phenoxy) is 1. The molecule has 4 rings (SSSR count). The van der Waals surface area contributed by atoms with Crippen LogP contribution in [0.3, 0.4) is 0 Å². The molecule has 12 heteroatoms. The monoisotopic (exact) mass is 513 g/mol. The van der Waals surface area contributed by atoms with E-state index < -0.39 is 29.6 Å². The Balaban J connectivity index is 1.82. The molecule has 6 N–H and O–H groups in total. The molecule has 2 aromatic carbocycles. The number of phenols is 1. The number of primary amides is 1. The lowest BCUT2D eigenvalue weighted by Gasteiger charge is -2.31. The Morgan fingerprint density at radius 1 is 1.22 bits per heavy atom. The number of rotatable bonds is 8. The molecule has 0 bridgehead atoms. The number of anilines is 2. The molecule has 188 valence electrons. The second-order valence-corrected chi connectivity index (χ2v) is 8.91. The van der Waals surface area contributed by atoms with Crippen molar-refractivity contribution in [3.05, 3.63) is 70.5 Å². The Hall–Kier alpha value is -4.03. The molecule has 3 amide bonds. The minimum atomic E-state index is -1.37. The topological polar surface area (TPSA) is 161 Å². The van der Waals surface area contributed by atoms with Crippen LogP contribution < -0.4 is 21.7 Å². The molecule has 0 aliphatic carbocycles. The average Bonchev–Trinajstić information content (AvgIpc) is 3.52. The number of carbonyl (C=O) groups excluding carboxylic acids is 3. The molecule has 1 aliphatic rings. The highest BCUT2D eigenvalue weighted by Crippen LogP contribution is 2.35. The van der Waals surface area contributed by atoms with Gasteiger partial charge < -0.3 is 26.6 Å². The first-order chi connectivity index (χ1) is 17.3. The molecule has 3 aromatic rings. The van der Waals surface area contributed by atoms with Crippen LogP contribution in [-0.4, -0.2) is 46.5 Å².